The molecule has 0 saturated carbocycles. The summed E-state index contributed by atoms with van der Waals surface area (Å²) < 4.78 is 31.4. The van der Waals surface area contributed by atoms with E-state index in [1.54, 1.807) is 24.3 Å². The van der Waals surface area contributed by atoms with Gasteiger partial charge in [0.2, 0.25) is 10.0 Å². The van der Waals surface area contributed by atoms with Gasteiger partial charge < -0.3 is 4.74 Å². The van der Waals surface area contributed by atoms with Crippen LogP contribution in [0, 0.1) is 6.92 Å². The highest BCUT2D eigenvalue weighted by Crippen LogP contribution is 2.27. The lowest BCUT2D eigenvalue weighted by atomic mass is 10.2. The summed E-state index contributed by atoms with van der Waals surface area (Å²) in [7, 11) is -3.45. The van der Waals surface area contributed by atoms with Gasteiger partial charge in [-0.05, 0) is 32.9 Å². The van der Waals surface area contributed by atoms with E-state index in [0.717, 1.165) is 5.56 Å². The minimum atomic E-state index is -3.45. The van der Waals surface area contributed by atoms with Crippen molar-refractivity contribution in [2.75, 3.05) is 6.61 Å². The van der Waals surface area contributed by atoms with Crippen molar-refractivity contribution in [3.63, 3.8) is 0 Å². The molecule has 1 atom stereocenters. The van der Waals surface area contributed by atoms with Gasteiger partial charge in [0.1, 0.15) is 6.23 Å². The van der Waals surface area contributed by atoms with Crippen LogP contribution in [0.15, 0.2) is 29.2 Å². The molecule has 1 heterocycles. The Kier molecular flexibility index (Phi) is 3.25. The first-order valence-electron chi connectivity index (χ1n) is 5.65. The maximum absolute atomic E-state index is 12.4. The van der Waals surface area contributed by atoms with Crippen molar-refractivity contribution in [2.24, 2.45) is 0 Å². The second kappa shape index (κ2) is 4.40. The Labute approximate surface area is 102 Å². The zero-order chi connectivity index (χ0) is 12.6. The van der Waals surface area contributed by atoms with E-state index in [4.69, 9.17) is 4.74 Å². The molecule has 0 radical (unpaired) electrons. The lowest BCUT2D eigenvalue weighted by Gasteiger charge is -2.23. The van der Waals surface area contributed by atoms with Crippen LogP contribution in [0.1, 0.15) is 19.4 Å². The van der Waals surface area contributed by atoms with Crippen LogP contribution in [0.25, 0.3) is 0 Å². The fourth-order valence-corrected chi connectivity index (χ4v) is 3.50. The molecule has 0 amide bonds. The fourth-order valence-electron chi connectivity index (χ4n) is 1.79. The predicted octanol–water partition coefficient (Wildman–Crippen LogP) is 1.75. The van der Waals surface area contributed by atoms with Crippen LogP contribution < -0.4 is 0 Å². The van der Waals surface area contributed by atoms with Crippen molar-refractivity contribution >= 4 is 10.0 Å². The molecule has 5 heteroatoms. The van der Waals surface area contributed by atoms with Crippen molar-refractivity contribution in [3.05, 3.63) is 29.8 Å². The number of ether oxygens (including phenoxy) is 1. The molecule has 0 aliphatic carbocycles. The standard InChI is InChI=1S/C12H17NO3S/c1-9(2)13(12-8-16-12)17(14,15)11-6-4-10(3)5-7-11/h4-7,9,12H,8H2,1-3H3. The highest BCUT2D eigenvalue weighted by Gasteiger charge is 2.41. The smallest absolute Gasteiger partial charge is 0.245 e. The molecule has 0 N–H and O–H groups in total. The van der Waals surface area contributed by atoms with Gasteiger partial charge >= 0.3 is 0 Å². The van der Waals surface area contributed by atoms with Gasteiger partial charge in [-0.25, -0.2) is 8.42 Å². The topological polar surface area (TPSA) is 49.9 Å². The first-order valence-corrected chi connectivity index (χ1v) is 7.09. The van der Waals surface area contributed by atoms with E-state index in [9.17, 15) is 8.42 Å². The molecule has 1 fully saturated rings. The molecule has 1 saturated heterocycles. The number of epoxide rings is 1. The molecule has 1 aliphatic heterocycles. The number of sulfonamides is 1. The minimum Gasteiger partial charge on any atom is -0.355 e. The van der Waals surface area contributed by atoms with Gasteiger partial charge in [-0.15, -0.1) is 0 Å². The van der Waals surface area contributed by atoms with Crippen molar-refractivity contribution in [1.29, 1.82) is 0 Å². The van der Waals surface area contributed by atoms with Crippen LogP contribution in [-0.2, 0) is 14.8 Å². The third-order valence-corrected chi connectivity index (χ3v) is 4.78. The summed E-state index contributed by atoms with van der Waals surface area (Å²) in [6.45, 7) is 6.13. The zero-order valence-corrected chi connectivity index (χ0v) is 11.1. The molecule has 4 nitrogen and oxygen atoms in total. The van der Waals surface area contributed by atoms with Gasteiger partial charge in [0.15, 0.2) is 0 Å². The molecule has 1 aliphatic rings. The van der Waals surface area contributed by atoms with Crippen LogP contribution in [0.3, 0.4) is 0 Å². The van der Waals surface area contributed by atoms with Crippen LogP contribution >= 0.6 is 0 Å². The average Bonchev–Trinajstić information content (AvgIpc) is 3.01. The van der Waals surface area contributed by atoms with Crippen molar-refractivity contribution in [2.45, 2.75) is 37.9 Å². The Morgan fingerprint density at radius 3 is 2.24 bits per heavy atom. The lowest BCUT2D eigenvalue weighted by Crippen LogP contribution is -2.39. The monoisotopic (exact) mass is 255 g/mol. The van der Waals surface area contributed by atoms with E-state index in [1.165, 1.54) is 4.31 Å². The molecule has 0 bridgehead atoms. The summed E-state index contributed by atoms with van der Waals surface area (Å²) in [6, 6.07) is 6.79. The number of aryl methyl sites for hydroxylation is 1. The first-order chi connectivity index (χ1) is 7.93. The number of hydrogen-bond acceptors (Lipinski definition) is 3. The van der Waals surface area contributed by atoms with E-state index in [-0.39, 0.29) is 12.3 Å². The van der Waals surface area contributed by atoms with E-state index < -0.39 is 10.0 Å². The molecule has 17 heavy (non-hydrogen) atoms. The van der Waals surface area contributed by atoms with Gasteiger partial charge in [-0.1, -0.05) is 17.7 Å². The first kappa shape index (κ1) is 12.5. The zero-order valence-electron chi connectivity index (χ0n) is 10.3. The van der Waals surface area contributed by atoms with Crippen LogP contribution in [0.5, 0.6) is 0 Å². The Hall–Kier alpha value is -0.910. The summed E-state index contributed by atoms with van der Waals surface area (Å²) in [6.07, 6.45) is -0.290. The summed E-state index contributed by atoms with van der Waals surface area (Å²) in [4.78, 5) is 0.326. The Bertz CT molecular complexity index is 487. The van der Waals surface area contributed by atoms with Crippen molar-refractivity contribution < 1.29 is 13.2 Å². The lowest BCUT2D eigenvalue weighted by molar-refractivity contribution is 0.237. The molecule has 1 aromatic carbocycles. The molecular weight excluding hydrogens is 238 g/mol. The van der Waals surface area contributed by atoms with E-state index in [2.05, 4.69) is 0 Å². The van der Waals surface area contributed by atoms with Gasteiger partial charge in [0, 0.05) is 6.04 Å². The van der Waals surface area contributed by atoms with Crippen molar-refractivity contribution in [3.8, 4) is 0 Å². The normalized spacial score (nSPS) is 19.9. The molecular formula is C12H17NO3S. The maximum Gasteiger partial charge on any atom is 0.245 e. The van der Waals surface area contributed by atoms with E-state index >= 15 is 0 Å². The average molecular weight is 255 g/mol. The third kappa shape index (κ3) is 2.51. The Morgan fingerprint density at radius 1 is 1.29 bits per heavy atom. The molecule has 2 rings (SSSR count). The number of nitrogens with zero attached hydrogens (tertiary/aromatic N) is 1. The second-order valence-electron chi connectivity index (χ2n) is 4.53. The van der Waals surface area contributed by atoms with Crippen LogP contribution in [0.2, 0.25) is 0 Å². The number of benzene rings is 1. The molecule has 1 aromatic rings. The molecule has 0 spiro atoms. The van der Waals surface area contributed by atoms with E-state index in [1.807, 2.05) is 20.8 Å². The highest BCUT2D eigenvalue weighted by atomic mass is 32.2. The SMILES string of the molecule is Cc1ccc(S(=O)(=O)N(C(C)C)C2CO2)cc1. The quantitative estimate of drug-likeness (QED) is 0.770. The highest BCUT2D eigenvalue weighted by molar-refractivity contribution is 7.89. The number of hydrogen-bond donors (Lipinski definition) is 0. The summed E-state index contributed by atoms with van der Waals surface area (Å²) >= 11 is 0. The summed E-state index contributed by atoms with van der Waals surface area (Å²) in [5, 5.41) is 0. The van der Waals surface area contributed by atoms with Gasteiger partial charge in [-0.3, -0.25) is 0 Å². The van der Waals surface area contributed by atoms with Crippen LogP contribution in [-0.4, -0.2) is 31.6 Å². The minimum absolute atomic E-state index is 0.103. The Balaban J connectivity index is 2.37. The molecule has 94 valence electrons. The molecule has 1 unspecified atom stereocenters. The third-order valence-electron chi connectivity index (χ3n) is 2.70. The fraction of sp³-hybridized carbons (Fsp3) is 0.500. The summed E-state index contributed by atoms with van der Waals surface area (Å²) in [5.74, 6) is 0. The summed E-state index contributed by atoms with van der Waals surface area (Å²) in [5.41, 5.74) is 1.04. The van der Waals surface area contributed by atoms with E-state index in [0.29, 0.717) is 11.5 Å². The predicted molar refractivity (Wildman–Crippen MR) is 65.1 cm³/mol. The van der Waals surface area contributed by atoms with Gasteiger partial charge in [0.25, 0.3) is 0 Å². The van der Waals surface area contributed by atoms with Gasteiger partial charge in [-0.2, -0.15) is 4.31 Å². The largest absolute Gasteiger partial charge is 0.355 e. The second-order valence-corrected chi connectivity index (χ2v) is 6.37. The maximum atomic E-state index is 12.4. The molecule has 0 aromatic heterocycles. The van der Waals surface area contributed by atoms with Crippen LogP contribution in [0.4, 0.5) is 0 Å². The van der Waals surface area contributed by atoms with Gasteiger partial charge in [0.05, 0.1) is 11.5 Å². The van der Waals surface area contributed by atoms with Crippen molar-refractivity contribution in [1.82, 2.24) is 4.31 Å². The number of rotatable bonds is 4. The Morgan fingerprint density at radius 2 is 1.82 bits per heavy atom.